The zero-order valence-electron chi connectivity index (χ0n) is 11.9. The molecule has 1 N–H and O–H groups in total. The van der Waals surface area contributed by atoms with Crippen LogP contribution in [0.25, 0.3) is 10.9 Å². The molecule has 1 aromatic heterocycles. The normalized spacial score (nSPS) is 10.8. The summed E-state index contributed by atoms with van der Waals surface area (Å²) >= 11 is 3.48. The van der Waals surface area contributed by atoms with Gasteiger partial charge in [-0.15, -0.1) is 0 Å². The highest BCUT2D eigenvalue weighted by Crippen LogP contribution is 2.26. The highest BCUT2D eigenvalue weighted by Gasteiger charge is 2.14. The molecule has 0 fully saturated rings. The van der Waals surface area contributed by atoms with Gasteiger partial charge in [0.2, 0.25) is 0 Å². The molecule has 1 heterocycles. The first-order chi connectivity index (χ1) is 10.1. The highest BCUT2D eigenvalue weighted by atomic mass is 79.9. The Morgan fingerprint density at radius 2 is 1.95 bits per heavy atom. The first-order valence-electron chi connectivity index (χ1n) is 6.68. The lowest BCUT2D eigenvalue weighted by Crippen LogP contribution is -2.11. The first kappa shape index (κ1) is 13.9. The molecule has 3 aromatic rings. The van der Waals surface area contributed by atoms with Crippen LogP contribution in [0.4, 0.5) is 5.69 Å². The number of amides is 1. The third kappa shape index (κ3) is 2.59. The van der Waals surface area contributed by atoms with Gasteiger partial charge in [0.25, 0.3) is 5.91 Å². The summed E-state index contributed by atoms with van der Waals surface area (Å²) in [4.78, 5) is 12.5. The van der Waals surface area contributed by atoms with Gasteiger partial charge in [0.15, 0.2) is 0 Å². The number of benzene rings is 2. The number of hydrogen-bond donors (Lipinski definition) is 1. The van der Waals surface area contributed by atoms with E-state index < -0.39 is 0 Å². The third-order valence-electron chi connectivity index (χ3n) is 3.51. The number of hydrogen-bond acceptors (Lipinski definition) is 1. The zero-order valence-corrected chi connectivity index (χ0v) is 13.4. The van der Waals surface area contributed by atoms with E-state index in [0.717, 1.165) is 26.6 Å². The standard InChI is InChI=1S/C17H15BrN2O/c1-11-7-8-15(14(18)9-11)19-17(21)13-10-20(2)16-6-4-3-5-12(13)16/h3-10H,1-2H3,(H,19,21). The fraction of sp³-hybridized carbons (Fsp3) is 0.118. The lowest BCUT2D eigenvalue weighted by Gasteiger charge is -2.07. The van der Waals surface area contributed by atoms with Crippen molar-refractivity contribution in [2.75, 3.05) is 5.32 Å². The average molecular weight is 343 g/mol. The first-order valence-corrected chi connectivity index (χ1v) is 7.47. The van der Waals surface area contributed by atoms with Crippen molar-refractivity contribution in [1.82, 2.24) is 4.57 Å². The second kappa shape index (κ2) is 5.37. The Morgan fingerprint density at radius 3 is 2.71 bits per heavy atom. The molecule has 0 aliphatic heterocycles. The quantitative estimate of drug-likeness (QED) is 0.730. The Bertz CT molecular complexity index is 836. The van der Waals surface area contributed by atoms with Crippen LogP contribution in [0.1, 0.15) is 15.9 Å². The summed E-state index contributed by atoms with van der Waals surface area (Å²) in [7, 11) is 1.95. The van der Waals surface area contributed by atoms with Crippen LogP contribution in [0.5, 0.6) is 0 Å². The van der Waals surface area contributed by atoms with Crippen molar-refractivity contribution in [2.45, 2.75) is 6.92 Å². The number of carbonyl (C=O) groups is 1. The van der Waals surface area contributed by atoms with Gasteiger partial charge in [-0.2, -0.15) is 0 Å². The Balaban J connectivity index is 1.98. The van der Waals surface area contributed by atoms with Crippen molar-refractivity contribution in [3.8, 4) is 0 Å². The molecule has 0 bridgehead atoms. The molecule has 0 aliphatic carbocycles. The van der Waals surface area contributed by atoms with Crippen LogP contribution in [0.3, 0.4) is 0 Å². The molecule has 2 aromatic carbocycles. The molecule has 0 saturated carbocycles. The summed E-state index contributed by atoms with van der Waals surface area (Å²) < 4.78 is 2.85. The van der Waals surface area contributed by atoms with Crippen LogP contribution < -0.4 is 5.32 Å². The molecule has 0 spiro atoms. The Labute approximate surface area is 131 Å². The molecule has 4 heteroatoms. The van der Waals surface area contributed by atoms with Crippen molar-refractivity contribution in [3.63, 3.8) is 0 Å². The number of para-hydroxylation sites is 1. The predicted octanol–water partition coefficient (Wildman–Crippen LogP) is 4.50. The summed E-state index contributed by atoms with van der Waals surface area (Å²) in [6.45, 7) is 2.01. The van der Waals surface area contributed by atoms with E-state index in [4.69, 9.17) is 0 Å². The van der Waals surface area contributed by atoms with Gasteiger partial charge in [-0.25, -0.2) is 0 Å². The summed E-state index contributed by atoms with van der Waals surface area (Å²) in [6.07, 6.45) is 1.86. The molecule has 3 nitrogen and oxygen atoms in total. The molecular weight excluding hydrogens is 328 g/mol. The topological polar surface area (TPSA) is 34.0 Å². The minimum Gasteiger partial charge on any atom is -0.350 e. The smallest absolute Gasteiger partial charge is 0.257 e. The number of nitrogens with one attached hydrogen (secondary N) is 1. The second-order valence-corrected chi connectivity index (χ2v) is 5.96. The van der Waals surface area contributed by atoms with Gasteiger partial charge in [-0.3, -0.25) is 4.79 Å². The monoisotopic (exact) mass is 342 g/mol. The van der Waals surface area contributed by atoms with Crippen molar-refractivity contribution >= 4 is 38.4 Å². The van der Waals surface area contributed by atoms with E-state index >= 15 is 0 Å². The zero-order chi connectivity index (χ0) is 15.0. The van der Waals surface area contributed by atoms with E-state index in [1.807, 2.05) is 67.2 Å². The van der Waals surface area contributed by atoms with Crippen LogP contribution in [-0.4, -0.2) is 10.5 Å². The molecule has 3 rings (SSSR count). The second-order valence-electron chi connectivity index (χ2n) is 5.11. The van der Waals surface area contributed by atoms with E-state index in [9.17, 15) is 4.79 Å². The van der Waals surface area contributed by atoms with Gasteiger partial charge in [0.1, 0.15) is 0 Å². The molecule has 106 valence electrons. The Morgan fingerprint density at radius 1 is 1.19 bits per heavy atom. The van der Waals surface area contributed by atoms with Crippen molar-refractivity contribution in [2.24, 2.45) is 7.05 Å². The van der Waals surface area contributed by atoms with Gasteiger partial charge in [-0.05, 0) is 46.6 Å². The van der Waals surface area contributed by atoms with Crippen molar-refractivity contribution in [1.29, 1.82) is 0 Å². The molecule has 0 radical (unpaired) electrons. The summed E-state index contributed by atoms with van der Waals surface area (Å²) in [5, 5.41) is 3.92. The van der Waals surface area contributed by atoms with Gasteiger partial charge in [0.05, 0.1) is 11.3 Å². The van der Waals surface area contributed by atoms with E-state index in [1.165, 1.54) is 0 Å². The van der Waals surface area contributed by atoms with Crippen LogP contribution in [0.15, 0.2) is 53.1 Å². The lowest BCUT2D eigenvalue weighted by atomic mass is 10.1. The SMILES string of the molecule is Cc1ccc(NC(=O)c2cn(C)c3ccccc23)c(Br)c1. The number of rotatable bonds is 2. The molecule has 0 atom stereocenters. The Kier molecular flexibility index (Phi) is 3.55. The van der Waals surface area contributed by atoms with Gasteiger partial charge in [0, 0.05) is 28.6 Å². The number of carbonyl (C=O) groups excluding carboxylic acids is 1. The van der Waals surface area contributed by atoms with Crippen molar-refractivity contribution in [3.05, 3.63) is 64.3 Å². The Hall–Kier alpha value is -2.07. The fourth-order valence-corrected chi connectivity index (χ4v) is 3.03. The number of anilines is 1. The number of halogens is 1. The minimum absolute atomic E-state index is 0.101. The molecule has 0 unspecified atom stereocenters. The van der Waals surface area contributed by atoms with Crippen LogP contribution in [-0.2, 0) is 7.05 Å². The molecule has 0 saturated heterocycles. The maximum Gasteiger partial charge on any atom is 0.257 e. The van der Waals surface area contributed by atoms with E-state index in [0.29, 0.717) is 5.56 Å². The number of aromatic nitrogens is 1. The maximum atomic E-state index is 12.5. The number of nitrogens with zero attached hydrogens (tertiary/aromatic N) is 1. The average Bonchev–Trinajstić information content (AvgIpc) is 2.80. The number of aryl methyl sites for hydroxylation is 2. The minimum atomic E-state index is -0.101. The summed E-state index contributed by atoms with van der Waals surface area (Å²) in [6, 6.07) is 13.8. The van der Waals surface area contributed by atoms with Crippen LogP contribution >= 0.6 is 15.9 Å². The van der Waals surface area contributed by atoms with Gasteiger partial charge >= 0.3 is 0 Å². The molecule has 0 aliphatic rings. The molecule has 1 amide bonds. The summed E-state index contributed by atoms with van der Waals surface area (Å²) in [5.41, 5.74) is 3.65. The maximum absolute atomic E-state index is 12.5. The largest absolute Gasteiger partial charge is 0.350 e. The van der Waals surface area contributed by atoms with Gasteiger partial charge in [-0.1, -0.05) is 24.3 Å². The lowest BCUT2D eigenvalue weighted by molar-refractivity contribution is 0.102. The predicted molar refractivity (Wildman–Crippen MR) is 89.8 cm³/mol. The van der Waals surface area contributed by atoms with E-state index in [1.54, 1.807) is 0 Å². The van der Waals surface area contributed by atoms with E-state index in [2.05, 4.69) is 21.2 Å². The van der Waals surface area contributed by atoms with Gasteiger partial charge < -0.3 is 9.88 Å². The van der Waals surface area contributed by atoms with Crippen molar-refractivity contribution < 1.29 is 4.79 Å². The highest BCUT2D eigenvalue weighted by molar-refractivity contribution is 9.10. The third-order valence-corrected chi connectivity index (χ3v) is 4.17. The van der Waals surface area contributed by atoms with E-state index in [-0.39, 0.29) is 5.91 Å². The number of fused-ring (bicyclic) bond motifs is 1. The fourth-order valence-electron chi connectivity index (χ4n) is 2.43. The van der Waals surface area contributed by atoms with Crippen LogP contribution in [0.2, 0.25) is 0 Å². The van der Waals surface area contributed by atoms with Crippen LogP contribution in [0, 0.1) is 6.92 Å². The molecular formula is C17H15BrN2O. The summed E-state index contributed by atoms with van der Waals surface area (Å²) in [5.74, 6) is -0.101. The molecule has 21 heavy (non-hydrogen) atoms.